The van der Waals surface area contributed by atoms with Gasteiger partial charge >= 0.3 is 11.9 Å². The first-order chi connectivity index (χ1) is 13.1. The van der Waals surface area contributed by atoms with Crippen LogP contribution >= 0.6 is 0 Å². The molecule has 7 heteroatoms. The molecule has 0 N–H and O–H groups in total. The minimum Gasteiger partial charge on any atom is -0.465 e. The monoisotopic (exact) mass is 391 g/mol. The van der Waals surface area contributed by atoms with Crippen LogP contribution in [0.4, 0.5) is 0 Å². The van der Waals surface area contributed by atoms with E-state index in [9.17, 15) is 19.7 Å². The fourth-order valence-corrected chi connectivity index (χ4v) is 6.72. The van der Waals surface area contributed by atoms with E-state index < -0.39 is 0 Å². The Balaban J connectivity index is 1.73. The van der Waals surface area contributed by atoms with Gasteiger partial charge in [0.25, 0.3) is 0 Å². The summed E-state index contributed by atoms with van der Waals surface area (Å²) in [5, 5.41) is 12.0. The lowest BCUT2D eigenvalue weighted by Gasteiger charge is -2.58. The fourth-order valence-electron chi connectivity index (χ4n) is 6.72. The second-order valence-electron chi connectivity index (χ2n) is 9.71. The third kappa shape index (κ3) is 2.94. The summed E-state index contributed by atoms with van der Waals surface area (Å²) >= 11 is 0. The number of nitro groups is 1. The Bertz CT molecular complexity index is 760. The molecule has 1 aliphatic heterocycles. The van der Waals surface area contributed by atoms with Crippen LogP contribution < -0.4 is 0 Å². The molecular formula is C21H29NO6. The van der Waals surface area contributed by atoms with Crippen LogP contribution in [0.3, 0.4) is 0 Å². The first-order valence-electron chi connectivity index (χ1n) is 10.3. The fraction of sp³-hybridized carbons (Fsp3) is 0.810. The standard InChI is InChI=1S/C21H29NO6/c1-12(23)28-13-4-7-21(3)15-5-6-20(2)11-27-19(24)10-16(20)14(15)9-18(22(25)26)17(21)8-13/h13-16H,4-11H2,1-3H3/t13-,14+,15-,16-,20+,21+/m0/s1. The average molecular weight is 391 g/mol. The summed E-state index contributed by atoms with van der Waals surface area (Å²) in [4.78, 5) is 35.2. The van der Waals surface area contributed by atoms with E-state index in [2.05, 4.69) is 13.8 Å². The second kappa shape index (κ2) is 6.56. The lowest BCUT2D eigenvalue weighted by Crippen LogP contribution is -2.55. The number of allylic oxidation sites excluding steroid dienone is 1. The summed E-state index contributed by atoms with van der Waals surface area (Å²) in [5.74, 6) is 0.0791. The van der Waals surface area contributed by atoms with Crippen molar-refractivity contribution in [3.8, 4) is 0 Å². The Kier molecular flexibility index (Phi) is 4.55. The summed E-state index contributed by atoms with van der Waals surface area (Å²) in [6.07, 6.45) is 4.46. The van der Waals surface area contributed by atoms with Crippen molar-refractivity contribution in [3.63, 3.8) is 0 Å². The number of rotatable bonds is 2. The van der Waals surface area contributed by atoms with Crippen molar-refractivity contribution < 1.29 is 24.0 Å². The third-order valence-corrected chi connectivity index (χ3v) is 8.16. The lowest BCUT2D eigenvalue weighted by atomic mass is 9.46. The number of hydrogen-bond acceptors (Lipinski definition) is 6. The first-order valence-corrected chi connectivity index (χ1v) is 10.3. The smallest absolute Gasteiger partial charge is 0.306 e. The highest BCUT2D eigenvalue weighted by Crippen LogP contribution is 2.64. The van der Waals surface area contributed by atoms with E-state index in [0.29, 0.717) is 37.5 Å². The van der Waals surface area contributed by atoms with Gasteiger partial charge in [-0.25, -0.2) is 0 Å². The normalized spacial score (nSPS) is 42.6. The number of fused-ring (bicyclic) bond motifs is 5. The van der Waals surface area contributed by atoms with Crippen molar-refractivity contribution in [1.29, 1.82) is 0 Å². The van der Waals surface area contributed by atoms with Crippen molar-refractivity contribution in [1.82, 2.24) is 0 Å². The van der Waals surface area contributed by atoms with Gasteiger partial charge in [-0.1, -0.05) is 13.8 Å². The maximum absolute atomic E-state index is 12.0. The van der Waals surface area contributed by atoms with Crippen LogP contribution in [-0.2, 0) is 19.1 Å². The molecule has 0 aromatic rings. The highest BCUT2D eigenvalue weighted by atomic mass is 16.6. The molecule has 0 aromatic carbocycles. The average Bonchev–Trinajstić information content (AvgIpc) is 2.61. The van der Waals surface area contributed by atoms with Gasteiger partial charge in [0, 0.05) is 37.2 Å². The second-order valence-corrected chi connectivity index (χ2v) is 9.71. The number of esters is 2. The molecule has 6 atom stereocenters. The predicted molar refractivity (Wildman–Crippen MR) is 99.5 cm³/mol. The highest BCUT2D eigenvalue weighted by Gasteiger charge is 2.60. The predicted octanol–water partition coefficient (Wildman–Crippen LogP) is 3.64. The molecule has 2 saturated carbocycles. The van der Waals surface area contributed by atoms with Crippen LogP contribution in [0.2, 0.25) is 0 Å². The quantitative estimate of drug-likeness (QED) is 0.405. The van der Waals surface area contributed by atoms with Crippen LogP contribution in [0.1, 0.15) is 65.7 Å². The largest absolute Gasteiger partial charge is 0.465 e. The van der Waals surface area contributed by atoms with E-state index in [-0.39, 0.29) is 45.6 Å². The van der Waals surface area contributed by atoms with Gasteiger partial charge in [-0.2, -0.15) is 0 Å². The molecule has 28 heavy (non-hydrogen) atoms. The highest BCUT2D eigenvalue weighted by molar-refractivity contribution is 5.71. The number of ether oxygens (including phenoxy) is 2. The van der Waals surface area contributed by atoms with E-state index in [0.717, 1.165) is 31.3 Å². The summed E-state index contributed by atoms with van der Waals surface area (Å²) in [6.45, 7) is 6.15. The van der Waals surface area contributed by atoms with Crippen LogP contribution in [0.5, 0.6) is 0 Å². The summed E-state index contributed by atoms with van der Waals surface area (Å²) in [6, 6.07) is 0. The van der Waals surface area contributed by atoms with Gasteiger partial charge in [-0.3, -0.25) is 19.7 Å². The van der Waals surface area contributed by atoms with Crippen LogP contribution in [0, 0.1) is 38.7 Å². The Morgan fingerprint density at radius 3 is 2.61 bits per heavy atom. The van der Waals surface area contributed by atoms with E-state index in [1.807, 2.05) is 0 Å². The molecule has 1 saturated heterocycles. The summed E-state index contributed by atoms with van der Waals surface area (Å²) < 4.78 is 10.8. The molecule has 4 rings (SSSR count). The van der Waals surface area contributed by atoms with Crippen molar-refractivity contribution in [2.45, 2.75) is 71.8 Å². The zero-order chi connectivity index (χ0) is 20.3. The van der Waals surface area contributed by atoms with E-state index in [4.69, 9.17) is 9.47 Å². The number of nitrogens with zero attached hydrogens (tertiary/aromatic N) is 1. The molecule has 0 bridgehead atoms. The van der Waals surface area contributed by atoms with Gasteiger partial charge in [-0.15, -0.1) is 0 Å². The zero-order valence-corrected chi connectivity index (χ0v) is 16.9. The first kappa shape index (κ1) is 19.4. The molecule has 1 heterocycles. The molecule has 0 aromatic heterocycles. The van der Waals surface area contributed by atoms with Gasteiger partial charge in [0.1, 0.15) is 6.10 Å². The molecule has 7 nitrogen and oxygen atoms in total. The third-order valence-electron chi connectivity index (χ3n) is 8.16. The molecule has 0 unspecified atom stereocenters. The zero-order valence-electron chi connectivity index (χ0n) is 16.9. The van der Waals surface area contributed by atoms with E-state index in [1.165, 1.54) is 6.92 Å². The molecule has 0 radical (unpaired) electrons. The van der Waals surface area contributed by atoms with Gasteiger partial charge < -0.3 is 9.47 Å². The van der Waals surface area contributed by atoms with Gasteiger partial charge in [0.05, 0.1) is 11.5 Å². The Hall–Kier alpha value is -1.92. The van der Waals surface area contributed by atoms with Gasteiger partial charge in [-0.05, 0) is 48.9 Å². The molecule has 0 amide bonds. The van der Waals surface area contributed by atoms with Crippen molar-refractivity contribution in [2.75, 3.05) is 6.61 Å². The minimum absolute atomic E-state index is 0.0837. The van der Waals surface area contributed by atoms with Crippen molar-refractivity contribution in [2.24, 2.45) is 28.6 Å². The Morgan fingerprint density at radius 1 is 1.18 bits per heavy atom. The number of carbonyl (C=O) groups is 2. The molecule has 3 aliphatic carbocycles. The number of hydrogen-bond donors (Lipinski definition) is 0. The molecule has 154 valence electrons. The topological polar surface area (TPSA) is 95.7 Å². The van der Waals surface area contributed by atoms with Crippen molar-refractivity contribution in [3.05, 3.63) is 21.4 Å². The Labute approximate surface area is 165 Å². The van der Waals surface area contributed by atoms with Crippen LogP contribution in [-0.4, -0.2) is 29.6 Å². The Morgan fingerprint density at radius 2 is 1.93 bits per heavy atom. The lowest BCUT2D eigenvalue weighted by molar-refractivity contribution is -0.434. The van der Waals surface area contributed by atoms with E-state index in [1.54, 1.807) is 0 Å². The molecule has 4 aliphatic rings. The number of carbonyl (C=O) groups excluding carboxylic acids is 2. The molecule has 0 spiro atoms. The SMILES string of the molecule is CC(=O)O[C@H]1CC[C@@]2(C)C(=C([N+](=O)[O-])C[C@H]3[C@@H]4CC(=O)OC[C@@]4(C)CC[C@@H]32)C1. The summed E-state index contributed by atoms with van der Waals surface area (Å²) in [7, 11) is 0. The van der Waals surface area contributed by atoms with Gasteiger partial charge in [0.15, 0.2) is 0 Å². The van der Waals surface area contributed by atoms with Crippen LogP contribution in [0.25, 0.3) is 0 Å². The van der Waals surface area contributed by atoms with Crippen LogP contribution in [0.15, 0.2) is 11.3 Å². The number of cyclic esters (lactones) is 1. The molecular weight excluding hydrogens is 362 g/mol. The minimum atomic E-state index is -0.334. The van der Waals surface area contributed by atoms with E-state index >= 15 is 0 Å². The van der Waals surface area contributed by atoms with Gasteiger partial charge in [0.2, 0.25) is 5.70 Å². The molecule has 3 fully saturated rings. The van der Waals surface area contributed by atoms with Crippen molar-refractivity contribution >= 4 is 11.9 Å². The maximum Gasteiger partial charge on any atom is 0.306 e. The maximum atomic E-state index is 12.0. The summed E-state index contributed by atoms with van der Waals surface area (Å²) in [5.41, 5.74) is 0.826.